The monoisotopic (exact) mass is 458 g/mol. The molecule has 4 aromatic rings. The second kappa shape index (κ2) is 9.06. The van der Waals surface area contributed by atoms with E-state index in [-0.39, 0.29) is 0 Å². The first-order valence-electron chi connectivity index (χ1n) is 11.9. The molecule has 168 valence electrons. The Kier molecular flexibility index (Phi) is 5.95. The normalized spacial score (nSPS) is 18.0. The van der Waals surface area contributed by atoms with Gasteiger partial charge in [-0.15, -0.1) is 13.2 Å². The van der Waals surface area contributed by atoms with Crippen molar-refractivity contribution in [2.24, 2.45) is 5.41 Å². The van der Waals surface area contributed by atoms with E-state index in [4.69, 9.17) is 4.43 Å². The van der Waals surface area contributed by atoms with Gasteiger partial charge in [-0.05, 0) is 34.0 Å². The molecule has 0 bridgehead atoms. The van der Waals surface area contributed by atoms with Gasteiger partial charge in [-0.2, -0.15) is 0 Å². The minimum Gasteiger partial charge on any atom is -0.393 e. The quantitative estimate of drug-likeness (QED) is 0.238. The average Bonchev–Trinajstić information content (AvgIpc) is 2.94. The van der Waals surface area contributed by atoms with Crippen LogP contribution in [-0.2, 0) is 10.0 Å². The van der Waals surface area contributed by atoms with E-state index in [2.05, 4.69) is 147 Å². The Labute approximate surface area is 204 Å². The average molecular weight is 459 g/mol. The first-order chi connectivity index (χ1) is 16.7. The van der Waals surface area contributed by atoms with Crippen LogP contribution in [0.15, 0.2) is 147 Å². The molecule has 0 aliphatic carbocycles. The standard InChI is InChI=1S/C32H30OSi/c1-3-31(4-2)25-26-34(29-21-13-7-14-22-29,30-23-15-8-16-24-30)33-32(31,27-17-9-5-10-18-27)28-19-11-6-12-20-28/h3-24H,1-2,25-26H2. The molecular formula is C32H30OSi. The summed E-state index contributed by atoms with van der Waals surface area (Å²) in [5.41, 5.74) is 1.04. The molecule has 5 rings (SSSR count). The van der Waals surface area contributed by atoms with E-state index >= 15 is 0 Å². The molecule has 1 fully saturated rings. The number of hydrogen-bond donors (Lipinski definition) is 0. The molecule has 0 atom stereocenters. The Hall–Kier alpha value is -3.46. The van der Waals surface area contributed by atoms with Gasteiger partial charge in [-0.25, -0.2) is 0 Å². The summed E-state index contributed by atoms with van der Waals surface area (Å²) in [5, 5.41) is 2.58. The fourth-order valence-corrected chi connectivity index (χ4v) is 10.1. The molecule has 1 nitrogen and oxygen atoms in total. The highest BCUT2D eigenvalue weighted by Crippen LogP contribution is 2.57. The van der Waals surface area contributed by atoms with Crippen LogP contribution in [0.25, 0.3) is 0 Å². The van der Waals surface area contributed by atoms with E-state index in [9.17, 15) is 0 Å². The SMILES string of the molecule is C=CC1(C=C)CC[Si](c2ccccc2)(c2ccccc2)OC1(c1ccccc1)c1ccccc1. The van der Waals surface area contributed by atoms with Gasteiger partial charge in [-0.1, -0.05) is 133 Å². The van der Waals surface area contributed by atoms with E-state index in [0.29, 0.717) is 0 Å². The lowest BCUT2D eigenvalue weighted by Gasteiger charge is -2.57. The molecule has 1 saturated heterocycles. The Balaban J connectivity index is 1.87. The van der Waals surface area contributed by atoms with Gasteiger partial charge in [0.05, 0.1) is 0 Å². The molecule has 2 heteroatoms. The highest BCUT2D eigenvalue weighted by Gasteiger charge is 2.61. The van der Waals surface area contributed by atoms with Crippen LogP contribution in [0, 0.1) is 5.41 Å². The van der Waals surface area contributed by atoms with Crippen molar-refractivity contribution >= 4 is 18.7 Å². The van der Waals surface area contributed by atoms with Crippen molar-refractivity contribution in [3.63, 3.8) is 0 Å². The third kappa shape index (κ3) is 3.34. The maximum absolute atomic E-state index is 7.80. The van der Waals surface area contributed by atoms with Crippen molar-refractivity contribution < 1.29 is 4.43 Å². The molecule has 0 unspecified atom stereocenters. The molecule has 1 aliphatic rings. The zero-order valence-electron chi connectivity index (χ0n) is 19.4. The van der Waals surface area contributed by atoms with Crippen LogP contribution in [0.2, 0.25) is 6.04 Å². The predicted molar refractivity (Wildman–Crippen MR) is 145 cm³/mol. The van der Waals surface area contributed by atoms with Gasteiger partial charge < -0.3 is 4.43 Å². The van der Waals surface area contributed by atoms with Gasteiger partial charge in [0.1, 0.15) is 5.60 Å². The molecule has 4 aromatic carbocycles. The summed E-state index contributed by atoms with van der Waals surface area (Å²) in [7, 11) is -2.65. The highest BCUT2D eigenvalue weighted by atomic mass is 28.4. The molecule has 34 heavy (non-hydrogen) atoms. The predicted octanol–water partition coefficient (Wildman–Crippen LogP) is 6.47. The number of hydrogen-bond acceptors (Lipinski definition) is 1. The van der Waals surface area contributed by atoms with Gasteiger partial charge >= 0.3 is 0 Å². The van der Waals surface area contributed by atoms with Crippen molar-refractivity contribution in [3.05, 3.63) is 158 Å². The maximum Gasteiger partial charge on any atom is 0.257 e. The first-order valence-corrected chi connectivity index (χ1v) is 14.0. The first kappa shape index (κ1) is 22.3. The number of rotatable bonds is 6. The van der Waals surface area contributed by atoms with Crippen molar-refractivity contribution in [2.75, 3.05) is 0 Å². The molecule has 0 N–H and O–H groups in total. The summed E-state index contributed by atoms with van der Waals surface area (Å²) in [6.07, 6.45) is 5.03. The Morgan fingerprint density at radius 1 is 0.588 bits per heavy atom. The molecule has 1 heterocycles. The second-order valence-electron chi connectivity index (χ2n) is 9.02. The maximum atomic E-state index is 7.80. The summed E-state index contributed by atoms with van der Waals surface area (Å²) in [6, 6.07) is 43.9. The zero-order chi connectivity index (χ0) is 23.5. The summed E-state index contributed by atoms with van der Waals surface area (Å²) < 4.78 is 7.80. The molecule has 0 aromatic heterocycles. The molecule has 0 radical (unpaired) electrons. The van der Waals surface area contributed by atoms with Crippen molar-refractivity contribution in [2.45, 2.75) is 18.1 Å². The molecule has 0 amide bonds. The third-order valence-corrected chi connectivity index (χ3v) is 11.6. The Morgan fingerprint density at radius 2 is 0.971 bits per heavy atom. The minimum absolute atomic E-state index is 0.463. The van der Waals surface area contributed by atoms with Crippen LogP contribution < -0.4 is 10.4 Å². The smallest absolute Gasteiger partial charge is 0.257 e. The van der Waals surface area contributed by atoms with Crippen LogP contribution in [0.3, 0.4) is 0 Å². The van der Waals surface area contributed by atoms with Crippen LogP contribution in [0.1, 0.15) is 17.5 Å². The third-order valence-electron chi connectivity index (χ3n) is 7.44. The largest absolute Gasteiger partial charge is 0.393 e. The van der Waals surface area contributed by atoms with Gasteiger partial charge in [0.25, 0.3) is 8.32 Å². The summed E-state index contributed by atoms with van der Waals surface area (Å²) in [6.45, 7) is 8.66. The van der Waals surface area contributed by atoms with Crippen LogP contribution in [-0.4, -0.2) is 8.32 Å². The lowest BCUT2D eigenvalue weighted by Crippen LogP contribution is -2.70. The van der Waals surface area contributed by atoms with E-state index in [1.807, 2.05) is 0 Å². The molecule has 0 spiro atoms. The lowest BCUT2D eigenvalue weighted by molar-refractivity contribution is -0.00206. The van der Waals surface area contributed by atoms with E-state index in [1.54, 1.807) is 0 Å². The second-order valence-corrected chi connectivity index (χ2v) is 12.5. The molecule has 0 saturated carbocycles. The van der Waals surface area contributed by atoms with E-state index in [0.717, 1.165) is 23.6 Å². The van der Waals surface area contributed by atoms with Crippen LogP contribution >= 0.6 is 0 Å². The molecule has 1 aliphatic heterocycles. The lowest BCUT2D eigenvalue weighted by atomic mass is 9.63. The van der Waals surface area contributed by atoms with Crippen molar-refractivity contribution in [1.29, 1.82) is 0 Å². The van der Waals surface area contributed by atoms with Crippen LogP contribution in [0.5, 0.6) is 0 Å². The zero-order valence-corrected chi connectivity index (χ0v) is 20.4. The van der Waals surface area contributed by atoms with E-state index < -0.39 is 19.3 Å². The fraction of sp³-hybridized carbons (Fsp3) is 0.125. The van der Waals surface area contributed by atoms with Gasteiger partial charge in [0.2, 0.25) is 0 Å². The van der Waals surface area contributed by atoms with Gasteiger partial charge in [-0.3, -0.25) is 0 Å². The minimum atomic E-state index is -2.65. The Bertz CT molecular complexity index is 1160. The van der Waals surface area contributed by atoms with Crippen LogP contribution in [0.4, 0.5) is 0 Å². The van der Waals surface area contributed by atoms with Gasteiger partial charge in [0, 0.05) is 5.41 Å². The summed E-state index contributed by atoms with van der Waals surface area (Å²) >= 11 is 0. The number of benzene rings is 4. The summed E-state index contributed by atoms with van der Waals surface area (Å²) in [5.74, 6) is 0. The van der Waals surface area contributed by atoms with Gasteiger partial charge in [0.15, 0.2) is 0 Å². The fourth-order valence-electron chi connectivity index (χ4n) is 5.70. The van der Waals surface area contributed by atoms with E-state index in [1.165, 1.54) is 10.4 Å². The van der Waals surface area contributed by atoms with Crippen molar-refractivity contribution in [1.82, 2.24) is 0 Å². The Morgan fingerprint density at radius 3 is 1.35 bits per heavy atom. The topological polar surface area (TPSA) is 9.23 Å². The summed E-state index contributed by atoms with van der Waals surface area (Å²) in [4.78, 5) is 0. The molecular weight excluding hydrogens is 428 g/mol. The highest BCUT2D eigenvalue weighted by molar-refractivity contribution is 6.97. The van der Waals surface area contributed by atoms with Crippen molar-refractivity contribution in [3.8, 4) is 0 Å².